The predicted octanol–water partition coefficient (Wildman–Crippen LogP) is 3.61. The van der Waals surface area contributed by atoms with Gasteiger partial charge in [-0.25, -0.2) is 4.79 Å². The maximum absolute atomic E-state index is 11.9. The minimum atomic E-state index is -0.405. The van der Waals surface area contributed by atoms with Crippen molar-refractivity contribution in [1.82, 2.24) is 0 Å². The molecular formula is C16H17NO3S. The van der Waals surface area contributed by atoms with Gasteiger partial charge in [0.1, 0.15) is 5.75 Å². The van der Waals surface area contributed by atoms with Gasteiger partial charge >= 0.3 is 5.97 Å². The number of anilines is 1. The fraction of sp³-hybridized carbons (Fsp3) is 0.188. The fourth-order valence-electron chi connectivity index (χ4n) is 1.81. The number of para-hydroxylation sites is 1. The molecule has 0 aliphatic rings. The van der Waals surface area contributed by atoms with Gasteiger partial charge in [0.05, 0.1) is 24.2 Å². The summed E-state index contributed by atoms with van der Waals surface area (Å²) in [5, 5.41) is 0. The molecule has 0 spiro atoms. The average Bonchev–Trinajstić information content (AvgIpc) is 2.50. The van der Waals surface area contributed by atoms with Gasteiger partial charge < -0.3 is 15.2 Å². The number of benzene rings is 2. The molecule has 0 unspecified atom stereocenters. The van der Waals surface area contributed by atoms with Crippen LogP contribution >= 0.6 is 11.8 Å². The zero-order valence-electron chi connectivity index (χ0n) is 12.0. The molecule has 2 aromatic rings. The molecule has 0 saturated heterocycles. The Hall–Kier alpha value is -2.14. The van der Waals surface area contributed by atoms with Crippen molar-refractivity contribution in [2.24, 2.45) is 0 Å². The molecule has 110 valence electrons. The maximum Gasteiger partial charge on any atom is 0.340 e. The highest BCUT2D eigenvalue weighted by atomic mass is 32.2. The maximum atomic E-state index is 11.9. The van der Waals surface area contributed by atoms with E-state index in [9.17, 15) is 4.79 Å². The van der Waals surface area contributed by atoms with Crippen LogP contribution in [0.25, 0.3) is 0 Å². The average molecular weight is 303 g/mol. The quantitative estimate of drug-likeness (QED) is 0.675. The normalized spacial score (nSPS) is 10.2. The Morgan fingerprint density at radius 1 is 1.24 bits per heavy atom. The monoisotopic (exact) mass is 303 g/mol. The van der Waals surface area contributed by atoms with Gasteiger partial charge in [-0.3, -0.25) is 0 Å². The summed E-state index contributed by atoms with van der Waals surface area (Å²) in [5.41, 5.74) is 6.64. The van der Waals surface area contributed by atoms with E-state index in [4.69, 9.17) is 15.2 Å². The summed E-state index contributed by atoms with van der Waals surface area (Å²) < 4.78 is 10.3. The lowest BCUT2D eigenvalue weighted by atomic mass is 10.2. The molecule has 4 nitrogen and oxygen atoms in total. The fourth-order valence-corrected chi connectivity index (χ4v) is 2.78. The van der Waals surface area contributed by atoms with Crippen LogP contribution in [0.5, 0.6) is 5.75 Å². The number of rotatable bonds is 5. The summed E-state index contributed by atoms with van der Waals surface area (Å²) in [7, 11) is 1.63. The van der Waals surface area contributed by atoms with Gasteiger partial charge in [-0.1, -0.05) is 23.9 Å². The number of hydrogen-bond donors (Lipinski definition) is 1. The van der Waals surface area contributed by atoms with E-state index in [1.165, 1.54) is 11.8 Å². The first-order valence-corrected chi connectivity index (χ1v) is 7.35. The van der Waals surface area contributed by atoms with Crippen LogP contribution in [0.2, 0.25) is 0 Å². The van der Waals surface area contributed by atoms with Crippen LogP contribution in [0, 0.1) is 0 Å². The van der Waals surface area contributed by atoms with E-state index in [1.54, 1.807) is 26.2 Å². The van der Waals surface area contributed by atoms with Gasteiger partial charge in [0, 0.05) is 10.6 Å². The minimum Gasteiger partial charge on any atom is -0.496 e. The Kier molecular flexibility index (Phi) is 5.11. The third kappa shape index (κ3) is 3.70. The molecule has 0 saturated carbocycles. The lowest BCUT2D eigenvalue weighted by Crippen LogP contribution is -2.07. The third-order valence-electron chi connectivity index (χ3n) is 2.82. The molecule has 0 amide bonds. The molecule has 0 fully saturated rings. The summed E-state index contributed by atoms with van der Waals surface area (Å²) in [4.78, 5) is 13.7. The largest absolute Gasteiger partial charge is 0.496 e. The molecule has 0 aliphatic carbocycles. The first kappa shape index (κ1) is 15.3. The Bertz CT molecular complexity index is 643. The molecule has 5 heteroatoms. The summed E-state index contributed by atoms with van der Waals surface area (Å²) in [6, 6.07) is 13.0. The van der Waals surface area contributed by atoms with Crippen molar-refractivity contribution >= 4 is 23.4 Å². The van der Waals surface area contributed by atoms with Crippen molar-refractivity contribution in [2.75, 3.05) is 19.5 Å². The first-order chi connectivity index (χ1) is 10.2. The second-order valence-corrected chi connectivity index (χ2v) is 5.34. The number of hydrogen-bond acceptors (Lipinski definition) is 5. The van der Waals surface area contributed by atoms with Crippen molar-refractivity contribution in [3.63, 3.8) is 0 Å². The van der Waals surface area contributed by atoms with Crippen LogP contribution in [0.15, 0.2) is 52.3 Å². The number of carbonyl (C=O) groups excluding carboxylic acids is 1. The van der Waals surface area contributed by atoms with Gasteiger partial charge in [-0.2, -0.15) is 0 Å². The van der Waals surface area contributed by atoms with Crippen molar-refractivity contribution in [3.8, 4) is 5.75 Å². The number of methoxy groups -OCH3 is 1. The Balaban J connectivity index is 2.29. The Labute approximate surface area is 128 Å². The van der Waals surface area contributed by atoms with E-state index in [0.29, 0.717) is 17.9 Å². The standard InChI is InChI=1S/C16H17NO3S/c1-3-20-16(18)12-10-11(8-9-13(12)17)21-15-7-5-4-6-14(15)19-2/h4-10H,3,17H2,1-2H3. The van der Waals surface area contributed by atoms with Crippen molar-refractivity contribution in [2.45, 2.75) is 16.7 Å². The lowest BCUT2D eigenvalue weighted by molar-refractivity contribution is 0.0527. The first-order valence-electron chi connectivity index (χ1n) is 6.53. The van der Waals surface area contributed by atoms with Gasteiger partial charge in [0.15, 0.2) is 0 Å². The molecule has 0 aliphatic heterocycles. The molecule has 0 atom stereocenters. The zero-order valence-corrected chi connectivity index (χ0v) is 12.8. The van der Waals surface area contributed by atoms with Crippen LogP contribution < -0.4 is 10.5 Å². The van der Waals surface area contributed by atoms with Crippen LogP contribution in [-0.2, 0) is 4.74 Å². The molecule has 0 bridgehead atoms. The van der Waals surface area contributed by atoms with E-state index >= 15 is 0 Å². The van der Waals surface area contributed by atoms with Crippen molar-refractivity contribution in [1.29, 1.82) is 0 Å². The highest BCUT2D eigenvalue weighted by molar-refractivity contribution is 7.99. The van der Waals surface area contributed by atoms with Crippen LogP contribution in [-0.4, -0.2) is 19.7 Å². The SMILES string of the molecule is CCOC(=O)c1cc(Sc2ccccc2OC)ccc1N. The molecule has 2 N–H and O–H groups in total. The molecular weight excluding hydrogens is 286 g/mol. The van der Waals surface area contributed by atoms with Gasteiger partial charge in [-0.05, 0) is 37.3 Å². The molecule has 0 radical (unpaired) electrons. The van der Waals surface area contributed by atoms with Crippen molar-refractivity contribution in [3.05, 3.63) is 48.0 Å². The highest BCUT2D eigenvalue weighted by Crippen LogP contribution is 2.35. The van der Waals surface area contributed by atoms with Crippen LogP contribution in [0.3, 0.4) is 0 Å². The number of esters is 1. The summed E-state index contributed by atoms with van der Waals surface area (Å²) in [5.74, 6) is 0.384. The number of nitrogens with two attached hydrogens (primary N) is 1. The molecule has 2 aromatic carbocycles. The molecule has 21 heavy (non-hydrogen) atoms. The van der Waals surface area contributed by atoms with E-state index in [1.807, 2.05) is 30.3 Å². The number of carbonyl (C=O) groups is 1. The predicted molar refractivity (Wildman–Crippen MR) is 83.9 cm³/mol. The highest BCUT2D eigenvalue weighted by Gasteiger charge is 2.13. The third-order valence-corrected chi connectivity index (χ3v) is 3.86. The van der Waals surface area contributed by atoms with Gasteiger partial charge in [0.25, 0.3) is 0 Å². The summed E-state index contributed by atoms with van der Waals surface area (Å²) in [6.07, 6.45) is 0. The molecule has 0 aromatic heterocycles. The van der Waals surface area contributed by atoms with Gasteiger partial charge in [0.2, 0.25) is 0 Å². The second kappa shape index (κ2) is 7.04. The van der Waals surface area contributed by atoms with E-state index in [-0.39, 0.29) is 0 Å². The van der Waals surface area contributed by atoms with Crippen LogP contribution in [0.1, 0.15) is 17.3 Å². The summed E-state index contributed by atoms with van der Waals surface area (Å²) in [6.45, 7) is 2.09. The summed E-state index contributed by atoms with van der Waals surface area (Å²) >= 11 is 1.51. The second-order valence-electron chi connectivity index (χ2n) is 4.22. The van der Waals surface area contributed by atoms with E-state index in [0.717, 1.165) is 15.5 Å². The Morgan fingerprint density at radius 3 is 2.71 bits per heavy atom. The van der Waals surface area contributed by atoms with Crippen LogP contribution in [0.4, 0.5) is 5.69 Å². The van der Waals surface area contributed by atoms with E-state index in [2.05, 4.69) is 0 Å². The smallest absolute Gasteiger partial charge is 0.340 e. The molecule has 0 heterocycles. The Morgan fingerprint density at radius 2 is 2.00 bits per heavy atom. The van der Waals surface area contributed by atoms with Crippen molar-refractivity contribution < 1.29 is 14.3 Å². The zero-order chi connectivity index (χ0) is 15.2. The lowest BCUT2D eigenvalue weighted by Gasteiger charge is -2.10. The number of ether oxygens (including phenoxy) is 2. The topological polar surface area (TPSA) is 61.5 Å². The van der Waals surface area contributed by atoms with Gasteiger partial charge in [-0.15, -0.1) is 0 Å². The van der Waals surface area contributed by atoms with E-state index < -0.39 is 5.97 Å². The number of nitrogen functional groups attached to an aromatic ring is 1. The minimum absolute atomic E-state index is 0.322. The molecule has 2 rings (SSSR count).